The number of carbonyl (C=O) groups is 6. The molecule has 0 spiro atoms. The third kappa shape index (κ3) is 17.1. The molecule has 0 bridgehead atoms. The van der Waals surface area contributed by atoms with Crippen LogP contribution in [-0.4, -0.2) is 90.3 Å². The van der Waals surface area contributed by atoms with Gasteiger partial charge in [0.1, 0.15) is 19.0 Å². The van der Waals surface area contributed by atoms with Crippen molar-refractivity contribution in [3.8, 4) is 5.75 Å². The maximum absolute atomic E-state index is 13.6. The van der Waals surface area contributed by atoms with Crippen molar-refractivity contribution >= 4 is 52.8 Å². The smallest absolute Gasteiger partial charge is 0.338 e. The Kier molecular flexibility index (Phi) is 22.0. The molecule has 0 saturated carbocycles. The minimum atomic E-state index is -1.41. The normalized spacial score (nSPS) is 11.5. The van der Waals surface area contributed by atoms with Crippen LogP contribution in [-0.2, 0) is 26.7 Å². The molecule has 0 fully saturated rings. The number of unbranched alkanes of at least 4 members (excludes halogenated alkanes) is 4. The van der Waals surface area contributed by atoms with E-state index in [1.54, 1.807) is 12.1 Å². The number of carbonyl (C=O) groups excluding carboxylic acids is 4. The zero-order valence-corrected chi connectivity index (χ0v) is 48.3. The van der Waals surface area contributed by atoms with Crippen molar-refractivity contribution in [3.63, 3.8) is 0 Å². The lowest BCUT2D eigenvalue weighted by Gasteiger charge is -2.29. The first kappa shape index (κ1) is 62.3. The van der Waals surface area contributed by atoms with E-state index in [-0.39, 0.29) is 65.0 Å². The van der Waals surface area contributed by atoms with E-state index in [2.05, 4.69) is 98.7 Å². The van der Waals surface area contributed by atoms with Gasteiger partial charge in [-0.1, -0.05) is 133 Å². The van der Waals surface area contributed by atoms with Crippen LogP contribution in [0.15, 0.2) is 174 Å². The van der Waals surface area contributed by atoms with E-state index in [0.29, 0.717) is 43.1 Å². The van der Waals surface area contributed by atoms with E-state index in [4.69, 9.17) is 19.9 Å². The highest BCUT2D eigenvalue weighted by atomic mass is 16.5. The summed E-state index contributed by atoms with van der Waals surface area (Å²) in [7, 11) is 0. The highest BCUT2D eigenvalue weighted by Crippen LogP contribution is 2.36. The van der Waals surface area contributed by atoms with Crippen molar-refractivity contribution in [2.24, 2.45) is 16.0 Å². The van der Waals surface area contributed by atoms with E-state index >= 15 is 0 Å². The lowest BCUT2D eigenvalue weighted by atomic mass is 9.74. The highest BCUT2D eigenvalue weighted by molar-refractivity contribution is 6.11. The first-order chi connectivity index (χ1) is 40.3. The number of esters is 2. The second-order valence-electron chi connectivity index (χ2n) is 21.6. The molecule has 0 atom stereocenters. The monoisotopic (exact) mass is 1140 g/mol. The SMILES string of the molecule is CCCCCCc1ccc(N=Nc2ccc(OCCCCN(CCOC(=O)c3ccc(C(=O)O)c(C(N)=O)c3)CCOC(=O)c3ccc(C(=O)Nc4ccc(C(C)(C)c5ccc(C(C)(C)c6ccccc6)cc5)cc4)c(C(=O)O)c3)cc2)cc1. The Morgan fingerprint density at radius 3 is 1.54 bits per heavy atom. The zero-order chi connectivity index (χ0) is 60.2. The fraction of sp³-hybridized carbons (Fsp3) is 0.294. The Labute approximate surface area is 490 Å². The van der Waals surface area contributed by atoms with Crippen LogP contribution in [0.2, 0.25) is 0 Å². The fourth-order valence-corrected chi connectivity index (χ4v) is 9.64. The molecule has 0 unspecified atom stereocenters. The number of benzene rings is 7. The van der Waals surface area contributed by atoms with E-state index in [1.165, 1.54) is 60.6 Å². The van der Waals surface area contributed by atoms with Crippen LogP contribution in [0, 0.1) is 0 Å². The summed E-state index contributed by atoms with van der Waals surface area (Å²) in [5.41, 5.74) is 11.2. The van der Waals surface area contributed by atoms with Crippen LogP contribution >= 0.6 is 0 Å². The zero-order valence-electron chi connectivity index (χ0n) is 48.3. The van der Waals surface area contributed by atoms with Crippen molar-refractivity contribution in [2.45, 2.75) is 90.4 Å². The Hall–Kier alpha value is -9.28. The highest BCUT2D eigenvalue weighted by Gasteiger charge is 2.27. The third-order valence-corrected chi connectivity index (χ3v) is 15.0. The van der Waals surface area contributed by atoms with Crippen molar-refractivity contribution < 1.29 is 53.2 Å². The molecule has 7 aromatic carbocycles. The number of hydrogen-bond donors (Lipinski definition) is 4. The van der Waals surface area contributed by atoms with Gasteiger partial charge < -0.3 is 35.5 Å². The summed E-state index contributed by atoms with van der Waals surface area (Å²) in [5, 5.41) is 31.2. The molecule has 84 heavy (non-hydrogen) atoms. The molecule has 0 radical (unpaired) electrons. The van der Waals surface area contributed by atoms with Gasteiger partial charge in [-0.3, -0.25) is 14.5 Å². The Morgan fingerprint density at radius 2 is 1.01 bits per heavy atom. The number of ether oxygens (including phenoxy) is 3. The van der Waals surface area contributed by atoms with E-state index in [1.807, 2.05) is 71.6 Å². The van der Waals surface area contributed by atoms with Gasteiger partial charge in [0, 0.05) is 29.6 Å². The van der Waals surface area contributed by atoms with Crippen LogP contribution in [0.1, 0.15) is 163 Å². The van der Waals surface area contributed by atoms with E-state index in [9.17, 15) is 39.0 Å². The predicted molar refractivity (Wildman–Crippen MR) is 323 cm³/mol. The van der Waals surface area contributed by atoms with Gasteiger partial charge in [-0.05, 0) is 145 Å². The van der Waals surface area contributed by atoms with Crippen LogP contribution in [0.25, 0.3) is 0 Å². The number of carboxylic acid groups (broad SMARTS) is 2. The lowest BCUT2D eigenvalue weighted by Crippen LogP contribution is -2.33. The number of nitrogens with one attached hydrogen (secondary N) is 1. The number of rotatable bonds is 30. The quantitative estimate of drug-likeness (QED) is 0.0187. The summed E-state index contributed by atoms with van der Waals surface area (Å²) in [4.78, 5) is 78.1. The van der Waals surface area contributed by atoms with Crippen molar-refractivity contribution in [3.05, 3.63) is 225 Å². The van der Waals surface area contributed by atoms with Crippen LogP contribution in [0.5, 0.6) is 5.75 Å². The number of aryl methyl sites for hydroxylation is 1. The number of amides is 2. The number of azo groups is 1. The van der Waals surface area contributed by atoms with Gasteiger partial charge in [0.2, 0.25) is 5.91 Å². The number of nitrogens with zero attached hydrogens (tertiary/aromatic N) is 3. The van der Waals surface area contributed by atoms with Crippen LogP contribution in [0.3, 0.4) is 0 Å². The van der Waals surface area contributed by atoms with Crippen molar-refractivity contribution in [1.29, 1.82) is 0 Å². The van der Waals surface area contributed by atoms with Crippen molar-refractivity contribution in [1.82, 2.24) is 4.90 Å². The summed E-state index contributed by atoms with van der Waals surface area (Å²) in [6, 6.07) is 48.9. The summed E-state index contributed by atoms with van der Waals surface area (Å²) < 4.78 is 17.1. The second kappa shape index (κ2) is 29.6. The third-order valence-electron chi connectivity index (χ3n) is 15.0. The molecular formula is C68H73N5O11. The first-order valence-corrected chi connectivity index (χ1v) is 28.3. The average Bonchev–Trinajstić information content (AvgIpc) is 3.67. The molecule has 0 heterocycles. The molecule has 0 saturated heterocycles. The van der Waals surface area contributed by atoms with Crippen molar-refractivity contribution in [2.75, 3.05) is 44.8 Å². The molecule has 0 aromatic heterocycles. The number of hydrogen-bond acceptors (Lipinski definition) is 12. The molecule has 5 N–H and O–H groups in total. The maximum atomic E-state index is 13.6. The minimum Gasteiger partial charge on any atom is -0.494 e. The van der Waals surface area contributed by atoms with Gasteiger partial charge in [0.05, 0.1) is 51.4 Å². The lowest BCUT2D eigenvalue weighted by molar-refractivity contribution is 0.0393. The molecule has 7 rings (SSSR count). The second-order valence-corrected chi connectivity index (χ2v) is 21.6. The van der Waals surface area contributed by atoms with E-state index in [0.717, 1.165) is 41.4 Å². The van der Waals surface area contributed by atoms with E-state index < -0.39 is 41.3 Å². The Bertz CT molecular complexity index is 3420. The predicted octanol–water partition coefficient (Wildman–Crippen LogP) is 13.8. The molecule has 0 aliphatic carbocycles. The number of nitrogens with two attached hydrogens (primary N) is 1. The fourth-order valence-electron chi connectivity index (χ4n) is 9.64. The molecule has 16 nitrogen and oxygen atoms in total. The van der Waals surface area contributed by atoms with Crippen LogP contribution < -0.4 is 15.8 Å². The summed E-state index contributed by atoms with van der Waals surface area (Å²) in [5.74, 6) is -5.47. The van der Waals surface area contributed by atoms with Crippen LogP contribution in [0.4, 0.5) is 17.1 Å². The van der Waals surface area contributed by atoms with Gasteiger partial charge in [-0.2, -0.15) is 10.2 Å². The topological polar surface area (TPSA) is 237 Å². The number of primary amides is 1. The van der Waals surface area contributed by atoms with Gasteiger partial charge in [0.15, 0.2) is 0 Å². The standard InChI is InChI=1S/C68H73N5O11/c1-6-7-8-10-15-46-18-28-54(29-19-46)71-72-55-32-34-56(35-33-55)82-41-14-13-38-73(39-42-83-65(80)47-21-37-58(63(76)77)59(44-47)61(69)74)40-43-84-66(81)48-20-36-57(60(45-48)64(78)79)62(75)70-53-30-26-52(27-31-53)68(4,5)51-24-22-50(23-25-51)67(2,3)49-16-11-9-12-17-49/h9,11-12,16-37,44-45H,6-8,10,13-15,38-43H2,1-5H3,(H2,69,74)(H,70,75)(H,76,77)(H,78,79). The number of aromatic carboxylic acids is 2. The number of carboxylic acids is 2. The van der Waals surface area contributed by atoms with Gasteiger partial charge in [0.25, 0.3) is 5.91 Å². The van der Waals surface area contributed by atoms with Gasteiger partial charge in [-0.25, -0.2) is 19.2 Å². The molecule has 7 aromatic rings. The Morgan fingerprint density at radius 1 is 0.512 bits per heavy atom. The molecule has 16 heteroatoms. The summed E-state index contributed by atoms with van der Waals surface area (Å²) in [6.07, 6.45) is 7.17. The number of anilines is 1. The van der Waals surface area contributed by atoms with Gasteiger partial charge >= 0.3 is 23.9 Å². The minimum absolute atomic E-state index is 0.0692. The maximum Gasteiger partial charge on any atom is 0.338 e. The summed E-state index contributed by atoms with van der Waals surface area (Å²) >= 11 is 0. The average molecular weight is 1140 g/mol. The Balaban J connectivity index is 0.925. The molecular weight excluding hydrogens is 1060 g/mol. The molecule has 0 aliphatic heterocycles. The summed E-state index contributed by atoms with van der Waals surface area (Å²) in [6.45, 7) is 11.8. The molecule has 2 amide bonds. The van der Waals surface area contributed by atoms with Gasteiger partial charge in [-0.15, -0.1) is 0 Å². The first-order valence-electron chi connectivity index (χ1n) is 28.3. The molecule has 436 valence electrons. The largest absolute Gasteiger partial charge is 0.494 e. The molecule has 0 aliphatic rings.